The van der Waals surface area contributed by atoms with Crippen molar-refractivity contribution in [3.63, 3.8) is 0 Å². The second-order valence-corrected chi connectivity index (χ2v) is 7.01. The molecule has 1 heterocycles. The highest BCUT2D eigenvalue weighted by Gasteiger charge is 2.23. The molecule has 0 N–H and O–H groups in total. The highest BCUT2D eigenvalue weighted by atomic mass is 35.5. The standard InChI is InChI=1S/C19H25ClN2O/c20-18-9-5-4-8-17(18)15-22-13-12-21(11-10-19(22)23)14-16-6-2-1-3-7-16/h1-2,4-5,8-9,16H,3,6-7,10-15H2/t16-/m1/s1. The first-order chi connectivity index (χ1) is 11.2. The first-order valence-electron chi connectivity index (χ1n) is 8.61. The Morgan fingerprint density at radius 2 is 2.00 bits per heavy atom. The number of nitrogens with zero attached hydrogens (tertiary/aromatic N) is 2. The van der Waals surface area contributed by atoms with Gasteiger partial charge in [0.05, 0.1) is 0 Å². The quantitative estimate of drug-likeness (QED) is 0.784. The summed E-state index contributed by atoms with van der Waals surface area (Å²) in [5.74, 6) is 1.00. The lowest BCUT2D eigenvalue weighted by molar-refractivity contribution is -0.130. The van der Waals surface area contributed by atoms with E-state index in [4.69, 9.17) is 11.6 Å². The van der Waals surface area contributed by atoms with Crippen LogP contribution in [-0.4, -0.2) is 41.9 Å². The number of rotatable bonds is 4. The first kappa shape index (κ1) is 16.5. The molecule has 0 unspecified atom stereocenters. The van der Waals surface area contributed by atoms with Gasteiger partial charge in [-0.25, -0.2) is 0 Å². The Morgan fingerprint density at radius 3 is 2.78 bits per heavy atom. The number of halogens is 1. The molecule has 3 rings (SSSR count). The van der Waals surface area contributed by atoms with Gasteiger partial charge in [0, 0.05) is 44.2 Å². The Bertz CT molecular complexity index is 572. The fourth-order valence-corrected chi connectivity index (χ4v) is 3.68. The average molecular weight is 333 g/mol. The molecule has 0 bridgehead atoms. The zero-order valence-corrected chi connectivity index (χ0v) is 14.3. The predicted molar refractivity (Wildman–Crippen MR) is 94.4 cm³/mol. The van der Waals surface area contributed by atoms with Crippen molar-refractivity contribution in [2.24, 2.45) is 5.92 Å². The van der Waals surface area contributed by atoms with Gasteiger partial charge in [-0.2, -0.15) is 0 Å². The summed E-state index contributed by atoms with van der Waals surface area (Å²) in [6.07, 6.45) is 8.88. The van der Waals surface area contributed by atoms with Gasteiger partial charge >= 0.3 is 0 Å². The summed E-state index contributed by atoms with van der Waals surface area (Å²) < 4.78 is 0. The second-order valence-electron chi connectivity index (χ2n) is 6.61. The summed E-state index contributed by atoms with van der Waals surface area (Å²) in [5, 5.41) is 0.746. The van der Waals surface area contributed by atoms with Crippen LogP contribution in [0.3, 0.4) is 0 Å². The second kappa shape index (κ2) is 7.98. The van der Waals surface area contributed by atoms with Crippen LogP contribution >= 0.6 is 11.6 Å². The Balaban J connectivity index is 1.56. The lowest BCUT2D eigenvalue weighted by Crippen LogP contribution is -2.35. The van der Waals surface area contributed by atoms with Gasteiger partial charge in [0.25, 0.3) is 0 Å². The summed E-state index contributed by atoms with van der Waals surface area (Å²) in [4.78, 5) is 16.8. The monoisotopic (exact) mass is 332 g/mol. The largest absolute Gasteiger partial charge is 0.337 e. The third-order valence-corrected chi connectivity index (χ3v) is 5.26. The molecule has 1 saturated heterocycles. The molecule has 1 aliphatic heterocycles. The molecule has 1 aromatic carbocycles. The van der Waals surface area contributed by atoms with E-state index in [1.54, 1.807) is 0 Å². The minimum atomic E-state index is 0.246. The Hall–Kier alpha value is -1.32. The normalized spacial score (nSPS) is 23.1. The fraction of sp³-hybridized carbons (Fsp3) is 0.526. The molecule has 1 fully saturated rings. The van der Waals surface area contributed by atoms with Crippen LogP contribution in [0.15, 0.2) is 36.4 Å². The van der Waals surface area contributed by atoms with E-state index in [2.05, 4.69) is 17.1 Å². The SMILES string of the molecule is O=C1CCN(C[C@@H]2CC=CCC2)CCN1Cc1ccccc1Cl. The molecule has 3 nitrogen and oxygen atoms in total. The van der Waals surface area contributed by atoms with Gasteiger partial charge < -0.3 is 9.80 Å². The van der Waals surface area contributed by atoms with Crippen LogP contribution in [0.25, 0.3) is 0 Å². The van der Waals surface area contributed by atoms with Crippen LogP contribution in [0.2, 0.25) is 5.02 Å². The smallest absolute Gasteiger partial charge is 0.224 e. The van der Waals surface area contributed by atoms with Crippen LogP contribution in [0.4, 0.5) is 0 Å². The molecule has 1 aliphatic carbocycles. The van der Waals surface area contributed by atoms with E-state index in [0.717, 1.165) is 42.7 Å². The van der Waals surface area contributed by atoms with Crippen molar-refractivity contribution >= 4 is 17.5 Å². The van der Waals surface area contributed by atoms with Crippen molar-refractivity contribution in [2.45, 2.75) is 32.2 Å². The van der Waals surface area contributed by atoms with Gasteiger partial charge in [-0.15, -0.1) is 0 Å². The summed E-state index contributed by atoms with van der Waals surface area (Å²) in [6.45, 7) is 4.40. The van der Waals surface area contributed by atoms with Crippen LogP contribution < -0.4 is 0 Å². The number of allylic oxidation sites excluding steroid dienone is 2. The van der Waals surface area contributed by atoms with E-state index >= 15 is 0 Å². The van der Waals surface area contributed by atoms with Gasteiger partial charge in [-0.05, 0) is 36.8 Å². The lowest BCUT2D eigenvalue weighted by Gasteiger charge is -2.27. The topological polar surface area (TPSA) is 23.6 Å². The number of carbonyl (C=O) groups is 1. The minimum absolute atomic E-state index is 0.246. The average Bonchev–Trinajstić information content (AvgIpc) is 2.74. The van der Waals surface area contributed by atoms with Crippen molar-refractivity contribution < 1.29 is 4.79 Å². The van der Waals surface area contributed by atoms with E-state index < -0.39 is 0 Å². The van der Waals surface area contributed by atoms with E-state index in [1.807, 2.05) is 29.2 Å². The van der Waals surface area contributed by atoms with E-state index in [1.165, 1.54) is 19.3 Å². The fourth-order valence-electron chi connectivity index (χ4n) is 3.48. The first-order valence-corrected chi connectivity index (χ1v) is 8.98. The number of amides is 1. The van der Waals surface area contributed by atoms with E-state index in [0.29, 0.717) is 13.0 Å². The van der Waals surface area contributed by atoms with Crippen LogP contribution in [0.1, 0.15) is 31.2 Å². The van der Waals surface area contributed by atoms with Gasteiger partial charge in [0.1, 0.15) is 0 Å². The maximum absolute atomic E-state index is 12.4. The number of benzene rings is 1. The number of carbonyl (C=O) groups excluding carboxylic acids is 1. The molecular weight excluding hydrogens is 308 g/mol. The number of hydrogen-bond acceptors (Lipinski definition) is 2. The maximum atomic E-state index is 12.4. The third kappa shape index (κ3) is 4.58. The molecule has 0 aromatic heterocycles. The van der Waals surface area contributed by atoms with Gasteiger partial charge in [-0.1, -0.05) is 42.0 Å². The maximum Gasteiger partial charge on any atom is 0.224 e. The van der Waals surface area contributed by atoms with Crippen molar-refractivity contribution in [3.8, 4) is 0 Å². The van der Waals surface area contributed by atoms with Crippen molar-refractivity contribution in [2.75, 3.05) is 26.2 Å². The van der Waals surface area contributed by atoms with Crippen LogP contribution in [0.5, 0.6) is 0 Å². The molecule has 0 radical (unpaired) electrons. The molecule has 124 valence electrons. The van der Waals surface area contributed by atoms with Gasteiger partial charge in [0.15, 0.2) is 0 Å². The third-order valence-electron chi connectivity index (χ3n) is 4.89. The van der Waals surface area contributed by atoms with Gasteiger partial charge in [0.2, 0.25) is 5.91 Å². The van der Waals surface area contributed by atoms with E-state index in [-0.39, 0.29) is 5.91 Å². The molecule has 2 aliphatic rings. The molecule has 1 amide bonds. The Morgan fingerprint density at radius 1 is 1.13 bits per heavy atom. The zero-order chi connectivity index (χ0) is 16.1. The zero-order valence-electron chi connectivity index (χ0n) is 13.6. The van der Waals surface area contributed by atoms with Crippen LogP contribution in [-0.2, 0) is 11.3 Å². The lowest BCUT2D eigenvalue weighted by atomic mass is 9.94. The van der Waals surface area contributed by atoms with Crippen molar-refractivity contribution in [3.05, 3.63) is 47.0 Å². The molecule has 23 heavy (non-hydrogen) atoms. The summed E-state index contributed by atoms with van der Waals surface area (Å²) in [6, 6.07) is 7.80. The minimum Gasteiger partial charge on any atom is -0.337 e. The van der Waals surface area contributed by atoms with Gasteiger partial charge in [-0.3, -0.25) is 4.79 Å². The van der Waals surface area contributed by atoms with Crippen molar-refractivity contribution in [1.82, 2.24) is 9.80 Å². The molecule has 0 saturated carbocycles. The molecule has 0 spiro atoms. The summed E-state index contributed by atoms with van der Waals surface area (Å²) in [5.41, 5.74) is 1.04. The summed E-state index contributed by atoms with van der Waals surface area (Å²) in [7, 11) is 0. The van der Waals surface area contributed by atoms with Crippen molar-refractivity contribution in [1.29, 1.82) is 0 Å². The molecular formula is C19H25ClN2O. The van der Waals surface area contributed by atoms with E-state index in [9.17, 15) is 4.79 Å². The molecule has 1 atom stereocenters. The Labute approximate surface area is 143 Å². The van der Waals surface area contributed by atoms with Crippen LogP contribution in [0, 0.1) is 5.92 Å². The highest BCUT2D eigenvalue weighted by molar-refractivity contribution is 6.31. The molecule has 1 aromatic rings. The summed E-state index contributed by atoms with van der Waals surface area (Å²) >= 11 is 6.23. The Kier molecular flexibility index (Phi) is 5.74. The highest BCUT2D eigenvalue weighted by Crippen LogP contribution is 2.21. The predicted octanol–water partition coefficient (Wildman–Crippen LogP) is 3.73. The molecule has 4 heteroatoms. The number of hydrogen-bond donors (Lipinski definition) is 0.